The van der Waals surface area contributed by atoms with Crippen LogP contribution in [0.25, 0.3) is 5.65 Å². The molecule has 0 unspecified atom stereocenters. The highest BCUT2D eigenvalue weighted by Gasteiger charge is 2.10. The molecule has 0 bridgehead atoms. The summed E-state index contributed by atoms with van der Waals surface area (Å²) in [5.41, 5.74) is 1.67. The quantitative estimate of drug-likeness (QED) is 0.875. The van der Waals surface area contributed by atoms with Crippen molar-refractivity contribution in [1.82, 2.24) is 9.38 Å². The van der Waals surface area contributed by atoms with E-state index in [9.17, 15) is 4.79 Å². The number of fused-ring (bicyclic) bond motifs is 1. The van der Waals surface area contributed by atoms with Crippen LogP contribution in [-0.4, -0.2) is 20.5 Å². The van der Waals surface area contributed by atoms with Crippen LogP contribution < -0.4 is 0 Å². The van der Waals surface area contributed by atoms with Gasteiger partial charge in [0.15, 0.2) is 5.69 Å². The molecule has 0 aromatic carbocycles. The highest BCUT2D eigenvalue weighted by Crippen LogP contribution is 2.17. The molecule has 0 spiro atoms. The van der Waals surface area contributed by atoms with Crippen molar-refractivity contribution in [3.8, 4) is 0 Å². The molecule has 0 saturated carbocycles. The van der Waals surface area contributed by atoms with Gasteiger partial charge in [-0.1, -0.05) is 13.8 Å². The number of carbonyl (C=O) groups is 1. The van der Waals surface area contributed by atoms with E-state index in [2.05, 4.69) is 20.9 Å². The lowest BCUT2D eigenvalue weighted by molar-refractivity contribution is 0.0691. The molecule has 2 aromatic rings. The first kappa shape index (κ1) is 12.7. The number of carboxylic acid groups (broad SMARTS) is 1. The van der Waals surface area contributed by atoms with Crippen molar-refractivity contribution in [1.29, 1.82) is 0 Å². The van der Waals surface area contributed by atoms with Crippen molar-refractivity contribution >= 4 is 27.5 Å². The lowest BCUT2D eigenvalue weighted by atomic mass is 10.3. The number of pyridine rings is 1. The number of carboxylic acids is 1. The van der Waals surface area contributed by atoms with Gasteiger partial charge in [0.2, 0.25) is 0 Å². The molecule has 0 radical (unpaired) electrons. The summed E-state index contributed by atoms with van der Waals surface area (Å²) in [7, 11) is 0. The Bertz CT molecular complexity index is 520. The Kier molecular flexibility index (Phi) is 4.06. The van der Waals surface area contributed by atoms with E-state index < -0.39 is 5.97 Å². The second-order valence-corrected chi connectivity index (χ2v) is 3.92. The number of aromatic carboxylic acids is 1. The summed E-state index contributed by atoms with van der Waals surface area (Å²) in [6, 6.07) is 1.90. The predicted molar refractivity (Wildman–Crippen MR) is 65.9 cm³/mol. The number of rotatable bonds is 1. The van der Waals surface area contributed by atoms with E-state index >= 15 is 0 Å². The molecule has 1 N–H and O–H groups in total. The maximum atomic E-state index is 10.7. The van der Waals surface area contributed by atoms with Gasteiger partial charge in [-0.05, 0) is 34.5 Å². The van der Waals surface area contributed by atoms with Crippen LogP contribution in [0.3, 0.4) is 0 Å². The summed E-state index contributed by atoms with van der Waals surface area (Å²) < 4.78 is 2.60. The second kappa shape index (κ2) is 5.12. The fraction of sp³-hybridized carbons (Fsp3) is 0.273. The number of aromatic nitrogens is 2. The van der Waals surface area contributed by atoms with Gasteiger partial charge >= 0.3 is 5.97 Å². The monoisotopic (exact) mass is 284 g/mol. The van der Waals surface area contributed by atoms with Crippen LogP contribution in [-0.2, 0) is 0 Å². The molecule has 2 heterocycles. The van der Waals surface area contributed by atoms with E-state index in [1.54, 1.807) is 10.6 Å². The highest BCUT2D eigenvalue weighted by molar-refractivity contribution is 9.10. The topological polar surface area (TPSA) is 54.6 Å². The van der Waals surface area contributed by atoms with Gasteiger partial charge in [-0.3, -0.25) is 0 Å². The Labute approximate surface area is 102 Å². The number of hydrogen-bond donors (Lipinski definition) is 1. The second-order valence-electron chi connectivity index (χ2n) is 3.00. The number of imidazole rings is 1. The van der Waals surface area contributed by atoms with Crippen LogP contribution in [0, 0.1) is 6.92 Å². The third-order valence-corrected chi connectivity index (χ3v) is 2.35. The molecule has 16 heavy (non-hydrogen) atoms. The van der Waals surface area contributed by atoms with Gasteiger partial charge < -0.3 is 9.51 Å². The molecule has 2 rings (SSSR count). The zero-order valence-electron chi connectivity index (χ0n) is 9.36. The molecule has 0 aliphatic heterocycles. The SMILES string of the molecule is CC.Cc1cc(Br)cn2cc(C(=O)O)nc12. The molecular weight excluding hydrogens is 272 g/mol. The van der Waals surface area contributed by atoms with E-state index in [-0.39, 0.29) is 5.69 Å². The third kappa shape index (κ3) is 2.41. The number of hydrogen-bond acceptors (Lipinski definition) is 2. The molecule has 0 saturated heterocycles. The molecule has 5 heteroatoms. The van der Waals surface area contributed by atoms with Crippen molar-refractivity contribution in [3.63, 3.8) is 0 Å². The van der Waals surface area contributed by atoms with E-state index in [1.807, 2.05) is 26.8 Å². The van der Waals surface area contributed by atoms with Gasteiger partial charge in [-0.2, -0.15) is 0 Å². The van der Waals surface area contributed by atoms with Crippen molar-refractivity contribution in [2.24, 2.45) is 0 Å². The van der Waals surface area contributed by atoms with Crippen molar-refractivity contribution < 1.29 is 9.90 Å². The largest absolute Gasteiger partial charge is 0.476 e. The maximum Gasteiger partial charge on any atom is 0.356 e. The highest BCUT2D eigenvalue weighted by atomic mass is 79.9. The van der Waals surface area contributed by atoms with Crippen molar-refractivity contribution in [2.45, 2.75) is 20.8 Å². The standard InChI is InChI=1S/C9H7BrN2O2.C2H6/c1-5-2-6(10)3-12-4-7(9(13)14)11-8(5)12;1-2/h2-4H,1H3,(H,13,14);1-2H3. The summed E-state index contributed by atoms with van der Waals surface area (Å²) in [6.07, 6.45) is 3.28. The van der Waals surface area contributed by atoms with Crippen LogP contribution in [0.1, 0.15) is 29.9 Å². The molecule has 0 aliphatic carbocycles. The molecule has 0 amide bonds. The molecule has 0 atom stereocenters. The van der Waals surface area contributed by atoms with E-state index in [0.29, 0.717) is 5.65 Å². The van der Waals surface area contributed by atoms with E-state index in [0.717, 1.165) is 10.0 Å². The lowest BCUT2D eigenvalue weighted by Gasteiger charge is -1.97. The molecule has 0 fully saturated rings. The minimum Gasteiger partial charge on any atom is -0.476 e. The lowest BCUT2D eigenvalue weighted by Crippen LogP contribution is -1.95. The smallest absolute Gasteiger partial charge is 0.356 e. The van der Waals surface area contributed by atoms with E-state index in [1.165, 1.54) is 6.20 Å². The first-order valence-corrected chi connectivity index (χ1v) is 5.75. The Hall–Kier alpha value is -1.36. The normalized spacial score (nSPS) is 9.75. The minimum absolute atomic E-state index is 0.0613. The summed E-state index contributed by atoms with van der Waals surface area (Å²) in [5.74, 6) is -1.01. The van der Waals surface area contributed by atoms with Gasteiger partial charge in [0, 0.05) is 16.9 Å². The van der Waals surface area contributed by atoms with Crippen molar-refractivity contribution in [2.75, 3.05) is 0 Å². The fourth-order valence-corrected chi connectivity index (χ4v) is 1.89. The van der Waals surface area contributed by atoms with Crippen LogP contribution in [0.4, 0.5) is 0 Å². The maximum absolute atomic E-state index is 10.7. The van der Waals surface area contributed by atoms with Gasteiger partial charge in [0.25, 0.3) is 0 Å². The fourth-order valence-electron chi connectivity index (χ4n) is 1.33. The summed E-state index contributed by atoms with van der Waals surface area (Å²) >= 11 is 3.33. The Morgan fingerprint density at radius 1 is 1.44 bits per heavy atom. The number of nitrogens with zero attached hydrogens (tertiary/aromatic N) is 2. The zero-order valence-corrected chi connectivity index (χ0v) is 10.9. The van der Waals surface area contributed by atoms with E-state index in [4.69, 9.17) is 5.11 Å². The zero-order chi connectivity index (χ0) is 12.3. The molecule has 86 valence electrons. The average Bonchev–Trinajstić information content (AvgIpc) is 2.64. The molecule has 0 aliphatic rings. The summed E-state index contributed by atoms with van der Waals surface area (Å²) in [4.78, 5) is 14.7. The van der Waals surface area contributed by atoms with Gasteiger partial charge in [-0.15, -0.1) is 0 Å². The number of aryl methyl sites for hydroxylation is 1. The first-order valence-electron chi connectivity index (χ1n) is 4.96. The minimum atomic E-state index is -1.01. The Morgan fingerprint density at radius 3 is 2.62 bits per heavy atom. The summed E-state index contributed by atoms with van der Waals surface area (Å²) in [6.45, 7) is 5.89. The molecular formula is C11H13BrN2O2. The third-order valence-electron chi connectivity index (χ3n) is 1.92. The van der Waals surface area contributed by atoms with Crippen LogP contribution in [0.5, 0.6) is 0 Å². The summed E-state index contributed by atoms with van der Waals surface area (Å²) in [5, 5.41) is 8.76. The van der Waals surface area contributed by atoms with Crippen molar-refractivity contribution in [3.05, 3.63) is 34.2 Å². The van der Waals surface area contributed by atoms with Gasteiger partial charge in [0.05, 0.1) is 0 Å². The van der Waals surface area contributed by atoms with Crippen LogP contribution >= 0.6 is 15.9 Å². The Morgan fingerprint density at radius 2 is 2.06 bits per heavy atom. The molecule has 2 aromatic heterocycles. The van der Waals surface area contributed by atoms with Gasteiger partial charge in [0.1, 0.15) is 5.65 Å². The van der Waals surface area contributed by atoms with Gasteiger partial charge in [-0.25, -0.2) is 9.78 Å². The first-order chi connectivity index (χ1) is 7.58. The molecule has 4 nitrogen and oxygen atoms in total. The predicted octanol–water partition coefficient (Wildman–Crippen LogP) is 3.13. The van der Waals surface area contributed by atoms with Crippen LogP contribution in [0.2, 0.25) is 0 Å². The average molecular weight is 285 g/mol. The van der Waals surface area contributed by atoms with Crippen LogP contribution in [0.15, 0.2) is 22.9 Å². The number of halogens is 1. The Balaban J connectivity index is 0.000000606.